The number of ketones is 1. The van der Waals surface area contributed by atoms with Crippen molar-refractivity contribution in [2.75, 3.05) is 13.2 Å². The van der Waals surface area contributed by atoms with Crippen molar-refractivity contribution >= 4 is 21.7 Å². The number of hydrogen-bond donors (Lipinski definition) is 0. The predicted molar refractivity (Wildman–Crippen MR) is 115 cm³/mol. The Balaban J connectivity index is 1.64. The van der Waals surface area contributed by atoms with E-state index in [4.69, 9.17) is 4.74 Å². The van der Waals surface area contributed by atoms with E-state index in [2.05, 4.69) is 0 Å². The van der Waals surface area contributed by atoms with Gasteiger partial charge in [0, 0.05) is 22.6 Å². The summed E-state index contributed by atoms with van der Waals surface area (Å²) in [7, 11) is -4.03. The zero-order valence-electron chi connectivity index (χ0n) is 17.5. The van der Waals surface area contributed by atoms with E-state index in [1.165, 1.54) is 12.1 Å². The molecule has 0 saturated carbocycles. The van der Waals surface area contributed by atoms with Crippen molar-refractivity contribution in [2.24, 2.45) is 0 Å². The molecule has 0 radical (unpaired) electrons. The highest BCUT2D eigenvalue weighted by molar-refractivity contribution is 7.90. The minimum Gasteiger partial charge on any atom is -0.494 e. The number of benzene rings is 2. The van der Waals surface area contributed by atoms with Crippen LogP contribution in [0.25, 0.3) is 5.69 Å². The quantitative estimate of drug-likeness (QED) is 0.550. The number of fused-ring (bicyclic) bond motifs is 1. The van der Waals surface area contributed by atoms with E-state index in [1.807, 2.05) is 42.7 Å². The third-order valence-corrected chi connectivity index (χ3v) is 7.12. The van der Waals surface area contributed by atoms with Gasteiger partial charge in [-0.2, -0.15) is 0 Å². The summed E-state index contributed by atoms with van der Waals surface area (Å²) >= 11 is 0. The summed E-state index contributed by atoms with van der Waals surface area (Å²) in [5.41, 5.74) is 2.83. The Hall–Kier alpha value is -3.39. The number of carbonyl (C=O) groups excluding carboxylic acids is 2. The van der Waals surface area contributed by atoms with Crippen LogP contribution in [0.3, 0.4) is 0 Å². The van der Waals surface area contributed by atoms with Crippen molar-refractivity contribution in [2.45, 2.75) is 25.7 Å². The van der Waals surface area contributed by atoms with Crippen molar-refractivity contribution in [3.05, 3.63) is 77.1 Å². The predicted octanol–water partition coefficient (Wildman–Crippen LogP) is 3.52. The van der Waals surface area contributed by atoms with Gasteiger partial charge in [-0.25, -0.2) is 12.7 Å². The molecular formula is C23H22N2O5S. The second kappa shape index (κ2) is 7.70. The highest BCUT2D eigenvalue weighted by Gasteiger charge is 2.42. The minimum atomic E-state index is -4.03. The van der Waals surface area contributed by atoms with Crippen LogP contribution in [0, 0.1) is 13.8 Å². The smallest absolute Gasteiger partial charge is 0.269 e. The second-order valence-corrected chi connectivity index (χ2v) is 9.11. The van der Waals surface area contributed by atoms with Gasteiger partial charge in [-0.15, -0.1) is 0 Å². The molecule has 8 heteroatoms. The fourth-order valence-corrected chi connectivity index (χ4v) is 5.43. The number of rotatable bonds is 6. The van der Waals surface area contributed by atoms with E-state index in [0.717, 1.165) is 17.1 Å². The van der Waals surface area contributed by atoms with Gasteiger partial charge < -0.3 is 9.30 Å². The molecule has 0 bridgehead atoms. The molecular weight excluding hydrogens is 416 g/mol. The fourth-order valence-electron chi connectivity index (χ4n) is 3.90. The Labute approximate surface area is 180 Å². The van der Waals surface area contributed by atoms with Crippen LogP contribution in [0.15, 0.2) is 59.5 Å². The van der Waals surface area contributed by atoms with Gasteiger partial charge in [0.1, 0.15) is 17.2 Å². The summed E-state index contributed by atoms with van der Waals surface area (Å²) in [5, 5.41) is 0. The van der Waals surface area contributed by atoms with Crippen LogP contribution < -0.4 is 4.74 Å². The monoisotopic (exact) mass is 438 g/mol. The number of amides is 1. The van der Waals surface area contributed by atoms with Gasteiger partial charge in [0.2, 0.25) is 0 Å². The maximum absolute atomic E-state index is 13.1. The third-order valence-electron chi connectivity index (χ3n) is 5.34. The number of carbonyl (C=O) groups is 2. The van der Waals surface area contributed by atoms with E-state index in [1.54, 1.807) is 25.1 Å². The summed E-state index contributed by atoms with van der Waals surface area (Å²) in [6, 6.07) is 15.2. The van der Waals surface area contributed by atoms with Gasteiger partial charge in [-0.3, -0.25) is 9.59 Å². The number of Topliss-reactive ketones (excluding diaryl/α,β-unsaturated/α-hetero) is 1. The molecule has 0 unspecified atom stereocenters. The molecule has 2 heterocycles. The minimum absolute atomic E-state index is 0.0624. The molecule has 2 aromatic carbocycles. The van der Waals surface area contributed by atoms with Crippen molar-refractivity contribution in [1.82, 2.24) is 8.87 Å². The molecule has 3 aromatic rings. The molecule has 0 aliphatic carbocycles. The first-order valence-electron chi connectivity index (χ1n) is 9.87. The molecule has 1 aliphatic heterocycles. The van der Waals surface area contributed by atoms with Gasteiger partial charge in [0.25, 0.3) is 15.9 Å². The van der Waals surface area contributed by atoms with Crippen molar-refractivity contribution in [3.8, 4) is 11.4 Å². The Morgan fingerprint density at radius 3 is 2.35 bits per heavy atom. The van der Waals surface area contributed by atoms with Crippen LogP contribution in [0.4, 0.5) is 0 Å². The lowest BCUT2D eigenvalue weighted by Gasteiger charge is -2.14. The third kappa shape index (κ3) is 3.42. The lowest BCUT2D eigenvalue weighted by atomic mass is 10.1. The molecule has 1 amide bonds. The molecule has 0 N–H and O–H groups in total. The Morgan fingerprint density at radius 2 is 1.71 bits per heavy atom. The zero-order valence-corrected chi connectivity index (χ0v) is 18.3. The molecule has 0 atom stereocenters. The first kappa shape index (κ1) is 20.9. The lowest BCUT2D eigenvalue weighted by molar-refractivity contribution is 0.0820. The van der Waals surface area contributed by atoms with E-state index in [9.17, 15) is 18.0 Å². The van der Waals surface area contributed by atoms with Crippen LogP contribution >= 0.6 is 0 Å². The maximum Gasteiger partial charge on any atom is 0.269 e. The summed E-state index contributed by atoms with van der Waals surface area (Å²) in [6.07, 6.45) is 0. The van der Waals surface area contributed by atoms with Crippen LogP contribution in [0.2, 0.25) is 0 Å². The van der Waals surface area contributed by atoms with Crippen molar-refractivity contribution < 1.29 is 22.7 Å². The molecule has 31 heavy (non-hydrogen) atoms. The SMILES string of the molecule is CCOc1ccc(-n2c(C)cc(C(=O)CN3C(=O)c4ccccc4S3(=O)=O)c2C)cc1. The number of ether oxygens (including phenoxy) is 1. The lowest BCUT2D eigenvalue weighted by Crippen LogP contribution is -2.35. The molecule has 160 valence electrons. The van der Waals surface area contributed by atoms with Crippen LogP contribution in [0.1, 0.15) is 39.0 Å². The highest BCUT2D eigenvalue weighted by atomic mass is 32.2. The zero-order chi connectivity index (χ0) is 22.3. The van der Waals surface area contributed by atoms with E-state index in [0.29, 0.717) is 22.2 Å². The molecule has 7 nitrogen and oxygen atoms in total. The standard InChI is InChI=1S/C23H22N2O5S/c1-4-30-18-11-9-17(10-12-18)25-15(2)13-20(16(25)3)21(26)14-24-23(27)19-7-5-6-8-22(19)31(24,28)29/h5-13H,4,14H2,1-3H3. The molecule has 1 aliphatic rings. The average molecular weight is 439 g/mol. The molecule has 0 saturated heterocycles. The number of hydrogen-bond acceptors (Lipinski definition) is 5. The number of nitrogens with zero attached hydrogens (tertiary/aromatic N) is 2. The van der Waals surface area contributed by atoms with E-state index >= 15 is 0 Å². The van der Waals surface area contributed by atoms with Crippen LogP contribution in [-0.2, 0) is 10.0 Å². The maximum atomic E-state index is 13.1. The topological polar surface area (TPSA) is 85.7 Å². The summed E-state index contributed by atoms with van der Waals surface area (Å²) in [6.45, 7) is 5.61. The average Bonchev–Trinajstić information content (AvgIpc) is 3.15. The first-order valence-corrected chi connectivity index (χ1v) is 11.3. The Bertz CT molecular complexity index is 1290. The number of aromatic nitrogens is 1. The number of sulfonamides is 1. The fraction of sp³-hybridized carbons (Fsp3) is 0.217. The van der Waals surface area contributed by atoms with Crippen molar-refractivity contribution in [1.29, 1.82) is 0 Å². The summed E-state index contributed by atoms with van der Waals surface area (Å²) in [5.74, 6) is -0.360. The van der Waals surface area contributed by atoms with Crippen LogP contribution in [-0.4, -0.2) is 42.1 Å². The van der Waals surface area contributed by atoms with Crippen molar-refractivity contribution in [3.63, 3.8) is 0 Å². The largest absolute Gasteiger partial charge is 0.494 e. The van der Waals surface area contributed by atoms with Gasteiger partial charge in [0.15, 0.2) is 5.78 Å². The van der Waals surface area contributed by atoms with Gasteiger partial charge in [-0.1, -0.05) is 12.1 Å². The first-order chi connectivity index (χ1) is 14.8. The molecule has 0 spiro atoms. The summed E-state index contributed by atoms with van der Waals surface area (Å²) in [4.78, 5) is 25.6. The van der Waals surface area contributed by atoms with Gasteiger partial charge in [0.05, 0.1) is 12.2 Å². The normalized spacial score (nSPS) is 14.5. The van der Waals surface area contributed by atoms with Crippen LogP contribution in [0.5, 0.6) is 5.75 Å². The van der Waals surface area contributed by atoms with Gasteiger partial charge >= 0.3 is 0 Å². The Morgan fingerprint density at radius 1 is 1.03 bits per heavy atom. The van der Waals surface area contributed by atoms with E-state index in [-0.39, 0.29) is 10.5 Å². The molecule has 0 fully saturated rings. The van der Waals surface area contributed by atoms with Gasteiger partial charge in [-0.05, 0) is 63.2 Å². The van der Waals surface area contributed by atoms with E-state index < -0.39 is 28.3 Å². The highest BCUT2D eigenvalue weighted by Crippen LogP contribution is 2.31. The molecule has 4 rings (SSSR count). The molecule has 1 aromatic heterocycles. The second-order valence-electron chi connectivity index (χ2n) is 7.28. The Kier molecular flexibility index (Phi) is 5.18. The number of aryl methyl sites for hydroxylation is 1. The summed E-state index contributed by atoms with van der Waals surface area (Å²) < 4.78 is 33.6.